The Kier molecular flexibility index (Phi) is 13.0. The Morgan fingerprint density at radius 2 is 2.26 bits per heavy atom. The Labute approximate surface area is 141 Å². The van der Waals surface area contributed by atoms with E-state index in [0.717, 1.165) is 48.5 Å². The minimum absolute atomic E-state index is 0. The van der Waals surface area contributed by atoms with Gasteiger partial charge in [-0.3, -0.25) is 4.99 Å². The molecule has 0 aromatic carbocycles. The zero-order valence-electron chi connectivity index (χ0n) is 11.5. The van der Waals surface area contributed by atoms with Crippen LogP contribution in [-0.4, -0.2) is 36.3 Å². The van der Waals surface area contributed by atoms with Crippen molar-refractivity contribution in [1.29, 1.82) is 0 Å². The first-order chi connectivity index (χ1) is 8.86. The lowest BCUT2D eigenvalue weighted by molar-refractivity contribution is 0.784. The van der Waals surface area contributed by atoms with Gasteiger partial charge in [-0.1, -0.05) is 18.7 Å². The molecule has 19 heavy (non-hydrogen) atoms. The number of aromatic nitrogens is 1. The van der Waals surface area contributed by atoms with Crippen molar-refractivity contribution in [3.8, 4) is 0 Å². The van der Waals surface area contributed by atoms with E-state index in [1.54, 1.807) is 11.3 Å². The molecule has 0 amide bonds. The maximum atomic E-state index is 4.46. The Hall–Kier alpha value is -0.0200. The molecule has 0 unspecified atom stereocenters. The molecule has 0 aliphatic rings. The Morgan fingerprint density at radius 1 is 1.42 bits per heavy atom. The van der Waals surface area contributed by atoms with Gasteiger partial charge in [-0.25, -0.2) is 4.98 Å². The number of nitrogens with zero attached hydrogens (tertiary/aromatic N) is 2. The highest BCUT2D eigenvalue weighted by Gasteiger charge is 1.98. The zero-order chi connectivity index (χ0) is 13.1. The van der Waals surface area contributed by atoms with Crippen LogP contribution in [0, 0.1) is 0 Å². The van der Waals surface area contributed by atoms with Gasteiger partial charge in [0.1, 0.15) is 4.34 Å². The Morgan fingerprint density at radius 3 is 2.89 bits per heavy atom. The monoisotopic (exact) mass is 414 g/mol. The van der Waals surface area contributed by atoms with Crippen molar-refractivity contribution in [3.63, 3.8) is 0 Å². The molecular weight excluding hydrogens is 391 g/mol. The summed E-state index contributed by atoms with van der Waals surface area (Å²) in [4.78, 5) is 8.70. The molecule has 4 nitrogen and oxygen atoms in total. The smallest absolute Gasteiger partial charge is 0.191 e. The standard InChI is InChI=1S/C12H22N4S2.HI/c1-3-6-14-11(13-4-2)15-7-5-9-17-12-16-8-10-18-12;/h8,10H,3-7,9H2,1-2H3,(H2,13,14,15);1H. The van der Waals surface area contributed by atoms with Gasteiger partial charge in [0, 0.05) is 37.0 Å². The molecule has 0 saturated carbocycles. The maximum absolute atomic E-state index is 4.46. The number of nitrogens with one attached hydrogen (secondary N) is 2. The van der Waals surface area contributed by atoms with Crippen LogP contribution in [0.4, 0.5) is 0 Å². The van der Waals surface area contributed by atoms with E-state index in [0.29, 0.717) is 0 Å². The largest absolute Gasteiger partial charge is 0.357 e. The summed E-state index contributed by atoms with van der Waals surface area (Å²) >= 11 is 3.52. The van der Waals surface area contributed by atoms with Crippen molar-refractivity contribution in [3.05, 3.63) is 11.6 Å². The second kappa shape index (κ2) is 13.0. The molecular formula is C12H23IN4S2. The van der Waals surface area contributed by atoms with Gasteiger partial charge in [0.15, 0.2) is 5.96 Å². The number of thioether (sulfide) groups is 1. The second-order valence-corrected chi connectivity index (χ2v) is 5.92. The van der Waals surface area contributed by atoms with Crippen molar-refractivity contribution >= 4 is 53.0 Å². The third-order valence-electron chi connectivity index (χ3n) is 2.09. The van der Waals surface area contributed by atoms with Crippen LogP contribution in [0.5, 0.6) is 0 Å². The molecule has 1 rings (SSSR count). The van der Waals surface area contributed by atoms with Crippen molar-refractivity contribution in [2.24, 2.45) is 4.99 Å². The molecule has 0 bridgehead atoms. The van der Waals surface area contributed by atoms with Crippen LogP contribution >= 0.6 is 47.1 Å². The minimum Gasteiger partial charge on any atom is -0.357 e. The van der Waals surface area contributed by atoms with E-state index < -0.39 is 0 Å². The summed E-state index contributed by atoms with van der Waals surface area (Å²) in [5, 5.41) is 8.60. The molecule has 110 valence electrons. The van der Waals surface area contributed by atoms with Crippen molar-refractivity contribution in [1.82, 2.24) is 15.6 Å². The van der Waals surface area contributed by atoms with E-state index in [4.69, 9.17) is 0 Å². The number of thiazole rings is 1. The first-order valence-corrected chi connectivity index (χ1v) is 8.27. The van der Waals surface area contributed by atoms with Crippen LogP contribution in [0.15, 0.2) is 20.9 Å². The zero-order valence-corrected chi connectivity index (χ0v) is 15.5. The van der Waals surface area contributed by atoms with Crippen LogP contribution in [0.3, 0.4) is 0 Å². The average molecular weight is 414 g/mol. The molecule has 7 heteroatoms. The number of hydrogen-bond acceptors (Lipinski definition) is 4. The summed E-state index contributed by atoms with van der Waals surface area (Å²) in [5.41, 5.74) is 0. The normalized spacial score (nSPS) is 10.9. The summed E-state index contributed by atoms with van der Waals surface area (Å²) in [6.07, 6.45) is 4.04. The number of aliphatic imine (C=N–C) groups is 1. The van der Waals surface area contributed by atoms with E-state index in [1.807, 2.05) is 23.3 Å². The molecule has 0 aliphatic carbocycles. The molecule has 0 atom stereocenters. The molecule has 1 heterocycles. The molecule has 0 radical (unpaired) electrons. The van der Waals surface area contributed by atoms with E-state index in [1.165, 1.54) is 0 Å². The van der Waals surface area contributed by atoms with Crippen molar-refractivity contribution < 1.29 is 0 Å². The SMILES string of the molecule is CCCN=C(NCC)NCCCSc1nccs1.I. The van der Waals surface area contributed by atoms with Gasteiger partial charge in [-0.15, -0.1) is 35.3 Å². The van der Waals surface area contributed by atoms with Gasteiger partial charge in [-0.2, -0.15) is 0 Å². The van der Waals surface area contributed by atoms with Gasteiger partial charge in [0.05, 0.1) is 0 Å². The maximum Gasteiger partial charge on any atom is 0.191 e. The van der Waals surface area contributed by atoms with Gasteiger partial charge in [0.2, 0.25) is 0 Å². The van der Waals surface area contributed by atoms with Crippen molar-refractivity contribution in [2.75, 3.05) is 25.4 Å². The summed E-state index contributed by atoms with van der Waals surface area (Å²) in [6.45, 7) is 6.96. The van der Waals surface area contributed by atoms with Crippen LogP contribution in [0.1, 0.15) is 26.7 Å². The van der Waals surface area contributed by atoms with Crippen LogP contribution in [0.25, 0.3) is 0 Å². The van der Waals surface area contributed by atoms with Gasteiger partial charge < -0.3 is 10.6 Å². The summed E-state index contributed by atoms with van der Waals surface area (Å²) in [6, 6.07) is 0. The quantitative estimate of drug-likeness (QED) is 0.226. The number of halogens is 1. The minimum atomic E-state index is 0. The first-order valence-electron chi connectivity index (χ1n) is 6.41. The number of rotatable bonds is 8. The van der Waals surface area contributed by atoms with E-state index in [9.17, 15) is 0 Å². The predicted molar refractivity (Wildman–Crippen MR) is 97.1 cm³/mol. The fourth-order valence-electron chi connectivity index (χ4n) is 1.29. The van der Waals surface area contributed by atoms with Gasteiger partial charge in [-0.05, 0) is 19.8 Å². The van der Waals surface area contributed by atoms with Crippen LogP contribution < -0.4 is 10.6 Å². The lowest BCUT2D eigenvalue weighted by Crippen LogP contribution is -2.38. The number of guanidine groups is 1. The van der Waals surface area contributed by atoms with E-state index in [2.05, 4.69) is 34.5 Å². The van der Waals surface area contributed by atoms with Gasteiger partial charge >= 0.3 is 0 Å². The second-order valence-electron chi connectivity index (χ2n) is 3.69. The molecule has 0 aliphatic heterocycles. The molecule has 1 aromatic rings. The summed E-state index contributed by atoms with van der Waals surface area (Å²) in [7, 11) is 0. The third-order valence-corrected chi connectivity index (χ3v) is 4.14. The van der Waals surface area contributed by atoms with Crippen molar-refractivity contribution in [2.45, 2.75) is 31.0 Å². The molecule has 0 spiro atoms. The third kappa shape index (κ3) is 9.50. The fraction of sp³-hybridized carbons (Fsp3) is 0.667. The molecule has 1 aromatic heterocycles. The average Bonchev–Trinajstić information content (AvgIpc) is 2.88. The van der Waals surface area contributed by atoms with E-state index >= 15 is 0 Å². The highest BCUT2D eigenvalue weighted by molar-refractivity contribution is 14.0. The van der Waals surface area contributed by atoms with Crippen LogP contribution in [-0.2, 0) is 0 Å². The fourth-order valence-corrected chi connectivity index (χ4v) is 2.93. The highest BCUT2D eigenvalue weighted by Crippen LogP contribution is 2.20. The molecule has 0 saturated heterocycles. The predicted octanol–water partition coefficient (Wildman–Crippen LogP) is 3.21. The molecule has 2 N–H and O–H groups in total. The van der Waals surface area contributed by atoms with Gasteiger partial charge in [0.25, 0.3) is 0 Å². The Balaban J connectivity index is 0.00000324. The lowest BCUT2D eigenvalue weighted by atomic mass is 10.5. The molecule has 0 fully saturated rings. The summed E-state index contributed by atoms with van der Waals surface area (Å²) < 4.78 is 1.15. The topological polar surface area (TPSA) is 49.3 Å². The number of hydrogen-bond donors (Lipinski definition) is 2. The van der Waals surface area contributed by atoms with E-state index in [-0.39, 0.29) is 24.0 Å². The highest BCUT2D eigenvalue weighted by atomic mass is 127. The lowest BCUT2D eigenvalue weighted by Gasteiger charge is -2.10. The van der Waals surface area contributed by atoms with Crippen LogP contribution in [0.2, 0.25) is 0 Å². The Bertz CT molecular complexity index is 330. The first kappa shape index (κ1) is 19.0. The summed E-state index contributed by atoms with van der Waals surface area (Å²) in [5.74, 6) is 2.02.